The van der Waals surface area contributed by atoms with Crippen molar-refractivity contribution in [3.63, 3.8) is 0 Å². The molecular formula is C11H7N5O6. The second kappa shape index (κ2) is 5.78. The minimum Gasteiger partial charge on any atom is -0.335 e. The first-order chi connectivity index (χ1) is 10.4. The van der Waals surface area contributed by atoms with Gasteiger partial charge in [0.05, 0.1) is 20.8 Å². The van der Waals surface area contributed by atoms with Gasteiger partial charge in [-0.1, -0.05) is 0 Å². The molecule has 0 aliphatic rings. The third-order valence-electron chi connectivity index (χ3n) is 2.61. The summed E-state index contributed by atoms with van der Waals surface area (Å²) >= 11 is 0. The van der Waals surface area contributed by atoms with Crippen molar-refractivity contribution in [1.82, 2.24) is 4.98 Å². The minimum absolute atomic E-state index is 0.0167. The summed E-state index contributed by atoms with van der Waals surface area (Å²) in [7, 11) is 0. The van der Waals surface area contributed by atoms with Crippen molar-refractivity contribution in [2.24, 2.45) is 0 Å². The van der Waals surface area contributed by atoms with Crippen LogP contribution in [0.5, 0.6) is 0 Å². The first kappa shape index (κ1) is 14.8. The van der Waals surface area contributed by atoms with E-state index in [4.69, 9.17) is 0 Å². The molecule has 0 unspecified atom stereocenters. The lowest BCUT2D eigenvalue weighted by molar-refractivity contribution is -0.393. The predicted molar refractivity (Wildman–Crippen MR) is 73.9 cm³/mol. The third-order valence-corrected chi connectivity index (χ3v) is 2.61. The summed E-state index contributed by atoms with van der Waals surface area (Å²) in [5, 5.41) is 34.7. The zero-order valence-electron chi connectivity index (χ0n) is 10.7. The lowest BCUT2D eigenvalue weighted by atomic mass is 10.2. The monoisotopic (exact) mass is 305 g/mol. The Morgan fingerprint density at radius 2 is 1.50 bits per heavy atom. The number of nitro groups is 3. The molecular weight excluding hydrogens is 298 g/mol. The summed E-state index contributed by atoms with van der Waals surface area (Å²) in [5.41, 5.74) is -1.18. The first-order valence-corrected chi connectivity index (χ1v) is 5.69. The van der Waals surface area contributed by atoms with E-state index in [1.807, 2.05) is 0 Å². The molecule has 1 aromatic heterocycles. The van der Waals surface area contributed by atoms with E-state index in [0.29, 0.717) is 0 Å². The van der Waals surface area contributed by atoms with E-state index < -0.39 is 26.1 Å². The Labute approximate surface area is 121 Å². The molecule has 1 aromatic carbocycles. The molecule has 0 saturated carbocycles. The highest BCUT2D eigenvalue weighted by Gasteiger charge is 2.20. The number of hydrogen-bond acceptors (Lipinski definition) is 8. The first-order valence-electron chi connectivity index (χ1n) is 5.69. The van der Waals surface area contributed by atoms with Gasteiger partial charge in [0.15, 0.2) is 0 Å². The van der Waals surface area contributed by atoms with Crippen LogP contribution < -0.4 is 5.32 Å². The Morgan fingerprint density at radius 1 is 0.864 bits per heavy atom. The summed E-state index contributed by atoms with van der Waals surface area (Å²) in [6.07, 6.45) is 0.986. The van der Waals surface area contributed by atoms with Crippen molar-refractivity contribution >= 4 is 28.6 Å². The molecule has 0 aliphatic carbocycles. The van der Waals surface area contributed by atoms with Gasteiger partial charge in [-0.2, -0.15) is 0 Å². The van der Waals surface area contributed by atoms with Gasteiger partial charge in [-0.25, -0.2) is 4.98 Å². The summed E-state index contributed by atoms with van der Waals surface area (Å²) < 4.78 is 0. The molecule has 0 atom stereocenters. The van der Waals surface area contributed by atoms with Gasteiger partial charge >= 0.3 is 0 Å². The van der Waals surface area contributed by atoms with Crippen LogP contribution in [0.3, 0.4) is 0 Å². The molecule has 1 heterocycles. The number of anilines is 2. The molecule has 0 aliphatic heterocycles. The highest BCUT2D eigenvalue weighted by molar-refractivity contribution is 5.70. The molecule has 0 radical (unpaired) electrons. The standard InChI is InChI=1S/C11H7N5O6/c17-14(18)7-1-3-9(10(5-7)16(21)22)13-11-4-2-8(6-12-11)15(19)20/h1-6H,(H,12,13). The molecule has 0 saturated heterocycles. The van der Waals surface area contributed by atoms with E-state index in [2.05, 4.69) is 10.3 Å². The number of benzene rings is 1. The maximum atomic E-state index is 11.0. The number of nitrogens with one attached hydrogen (secondary N) is 1. The van der Waals surface area contributed by atoms with Crippen LogP contribution in [0.4, 0.5) is 28.6 Å². The topological polar surface area (TPSA) is 154 Å². The van der Waals surface area contributed by atoms with E-state index in [1.165, 1.54) is 18.2 Å². The van der Waals surface area contributed by atoms with Crippen LogP contribution in [-0.4, -0.2) is 19.8 Å². The Balaban J connectivity index is 2.34. The molecule has 1 N–H and O–H groups in total. The quantitative estimate of drug-likeness (QED) is 0.652. The zero-order chi connectivity index (χ0) is 16.3. The van der Waals surface area contributed by atoms with Crippen LogP contribution in [0, 0.1) is 30.3 Å². The van der Waals surface area contributed by atoms with Crippen LogP contribution in [0.1, 0.15) is 0 Å². The van der Waals surface area contributed by atoms with Gasteiger partial charge < -0.3 is 5.32 Å². The largest absolute Gasteiger partial charge is 0.335 e. The molecule has 11 heteroatoms. The van der Waals surface area contributed by atoms with Gasteiger partial charge in [0, 0.05) is 12.1 Å². The maximum Gasteiger partial charge on any atom is 0.299 e. The van der Waals surface area contributed by atoms with E-state index >= 15 is 0 Å². The van der Waals surface area contributed by atoms with E-state index in [0.717, 1.165) is 18.3 Å². The smallest absolute Gasteiger partial charge is 0.299 e. The Hall–Kier alpha value is -3.63. The number of pyridine rings is 1. The van der Waals surface area contributed by atoms with E-state index in [9.17, 15) is 30.3 Å². The molecule has 22 heavy (non-hydrogen) atoms. The van der Waals surface area contributed by atoms with Crippen molar-refractivity contribution in [2.75, 3.05) is 5.32 Å². The predicted octanol–water partition coefficient (Wildman–Crippen LogP) is 2.55. The lowest BCUT2D eigenvalue weighted by Gasteiger charge is -2.05. The molecule has 2 rings (SSSR count). The fourth-order valence-corrected chi connectivity index (χ4v) is 1.60. The fourth-order valence-electron chi connectivity index (χ4n) is 1.60. The van der Waals surface area contributed by atoms with Crippen LogP contribution in [0.25, 0.3) is 0 Å². The van der Waals surface area contributed by atoms with Gasteiger partial charge in [0.2, 0.25) is 0 Å². The van der Waals surface area contributed by atoms with Gasteiger partial charge in [-0.05, 0) is 12.1 Å². The van der Waals surface area contributed by atoms with Crippen molar-refractivity contribution in [3.8, 4) is 0 Å². The highest BCUT2D eigenvalue weighted by atomic mass is 16.6. The number of nitrogens with zero attached hydrogens (tertiary/aromatic N) is 4. The molecule has 0 amide bonds. The zero-order valence-corrected chi connectivity index (χ0v) is 10.7. The molecule has 2 aromatic rings. The van der Waals surface area contributed by atoms with Gasteiger partial charge in [-0.3, -0.25) is 30.3 Å². The Morgan fingerprint density at radius 3 is 2.00 bits per heavy atom. The van der Waals surface area contributed by atoms with Gasteiger partial charge in [-0.15, -0.1) is 0 Å². The summed E-state index contributed by atoms with van der Waals surface area (Å²) in [5.74, 6) is 0.127. The van der Waals surface area contributed by atoms with E-state index in [-0.39, 0.29) is 17.2 Å². The normalized spacial score (nSPS) is 10.0. The molecule has 112 valence electrons. The summed E-state index contributed by atoms with van der Waals surface area (Å²) in [6.45, 7) is 0. The van der Waals surface area contributed by atoms with Crippen molar-refractivity contribution < 1.29 is 14.8 Å². The number of non-ortho nitro benzene ring substituents is 1. The van der Waals surface area contributed by atoms with Gasteiger partial charge in [0.1, 0.15) is 17.7 Å². The Kier molecular flexibility index (Phi) is 3.88. The second-order valence-corrected chi connectivity index (χ2v) is 4.00. The van der Waals surface area contributed by atoms with Crippen LogP contribution in [-0.2, 0) is 0 Å². The minimum atomic E-state index is -0.777. The molecule has 0 bridgehead atoms. The maximum absolute atomic E-state index is 11.0. The van der Waals surface area contributed by atoms with Crippen molar-refractivity contribution in [2.45, 2.75) is 0 Å². The average molecular weight is 305 g/mol. The highest BCUT2D eigenvalue weighted by Crippen LogP contribution is 2.31. The SMILES string of the molecule is O=[N+]([O-])c1ccc(Nc2ccc([N+](=O)[O-])cc2[N+](=O)[O-])nc1. The lowest BCUT2D eigenvalue weighted by Crippen LogP contribution is -2.00. The van der Waals surface area contributed by atoms with E-state index in [1.54, 1.807) is 0 Å². The molecule has 0 spiro atoms. The van der Waals surface area contributed by atoms with Crippen LogP contribution in [0.2, 0.25) is 0 Å². The number of nitro benzene ring substituents is 2. The number of hydrogen-bond donors (Lipinski definition) is 1. The van der Waals surface area contributed by atoms with Crippen molar-refractivity contribution in [3.05, 3.63) is 66.9 Å². The summed E-state index contributed by atoms with van der Waals surface area (Å²) in [6, 6.07) is 5.52. The fraction of sp³-hybridized carbons (Fsp3) is 0. The molecule has 11 nitrogen and oxygen atoms in total. The van der Waals surface area contributed by atoms with Crippen LogP contribution >= 0.6 is 0 Å². The average Bonchev–Trinajstić information content (AvgIpc) is 2.47. The van der Waals surface area contributed by atoms with Crippen molar-refractivity contribution in [1.29, 1.82) is 0 Å². The summed E-state index contributed by atoms with van der Waals surface area (Å²) in [4.78, 5) is 33.7. The molecule has 0 fully saturated rings. The van der Waals surface area contributed by atoms with Crippen LogP contribution in [0.15, 0.2) is 36.5 Å². The Bertz CT molecular complexity index is 760. The number of rotatable bonds is 5. The second-order valence-electron chi connectivity index (χ2n) is 4.00. The number of aromatic nitrogens is 1. The van der Waals surface area contributed by atoms with Gasteiger partial charge in [0.25, 0.3) is 17.1 Å². The third kappa shape index (κ3) is 3.09.